The SMILES string of the molecule is Nc1cc(OC(F)(F)F)ccn1.[HH]. The molecule has 68 valence electrons. The van der Waals surface area contributed by atoms with Gasteiger partial charge in [0.2, 0.25) is 0 Å². The average Bonchev–Trinajstić information content (AvgIpc) is 1.82. The molecule has 0 atom stereocenters. The fourth-order valence-electron chi connectivity index (χ4n) is 0.625. The van der Waals surface area contributed by atoms with E-state index in [4.69, 9.17) is 5.73 Å². The van der Waals surface area contributed by atoms with Crippen LogP contribution in [0.1, 0.15) is 1.43 Å². The van der Waals surface area contributed by atoms with Crippen molar-refractivity contribution in [2.75, 3.05) is 5.73 Å². The molecule has 0 amide bonds. The lowest BCUT2D eigenvalue weighted by Crippen LogP contribution is -2.17. The molecular weight excluding hydrogens is 173 g/mol. The Hall–Kier alpha value is -1.46. The second kappa shape index (κ2) is 2.88. The van der Waals surface area contributed by atoms with E-state index in [0.717, 1.165) is 18.3 Å². The summed E-state index contributed by atoms with van der Waals surface area (Å²) in [5, 5.41) is 0. The van der Waals surface area contributed by atoms with E-state index in [-0.39, 0.29) is 13.0 Å². The molecule has 0 aromatic carbocycles. The summed E-state index contributed by atoms with van der Waals surface area (Å²) in [6.07, 6.45) is -3.55. The molecule has 1 aromatic rings. The van der Waals surface area contributed by atoms with E-state index in [1.807, 2.05) is 0 Å². The average molecular weight is 180 g/mol. The van der Waals surface area contributed by atoms with Crippen LogP contribution in [0, 0.1) is 0 Å². The Bertz CT molecular complexity index is 279. The lowest BCUT2D eigenvalue weighted by Gasteiger charge is -2.07. The number of hydrogen-bond donors (Lipinski definition) is 1. The Morgan fingerprint density at radius 1 is 1.50 bits per heavy atom. The Morgan fingerprint density at radius 3 is 2.67 bits per heavy atom. The van der Waals surface area contributed by atoms with Crippen LogP contribution in [0.3, 0.4) is 0 Å². The number of nitrogen functional groups attached to an aromatic ring is 1. The number of nitrogens with zero attached hydrogens (tertiary/aromatic N) is 1. The third kappa shape index (κ3) is 2.65. The van der Waals surface area contributed by atoms with Crippen molar-refractivity contribution in [3.8, 4) is 5.75 Å². The van der Waals surface area contributed by atoms with Gasteiger partial charge in [0.25, 0.3) is 0 Å². The number of aromatic nitrogens is 1. The molecule has 1 rings (SSSR count). The van der Waals surface area contributed by atoms with Crippen LogP contribution in [-0.2, 0) is 0 Å². The molecule has 6 heteroatoms. The van der Waals surface area contributed by atoms with E-state index in [1.165, 1.54) is 0 Å². The minimum Gasteiger partial charge on any atom is -0.406 e. The number of alkyl halides is 3. The molecule has 0 aliphatic carbocycles. The summed E-state index contributed by atoms with van der Waals surface area (Å²) in [5.74, 6) is -0.383. The van der Waals surface area contributed by atoms with Gasteiger partial charge >= 0.3 is 6.36 Å². The predicted octanol–water partition coefficient (Wildman–Crippen LogP) is 1.81. The minimum absolute atomic E-state index is 0. The van der Waals surface area contributed by atoms with Gasteiger partial charge < -0.3 is 10.5 Å². The highest BCUT2D eigenvalue weighted by Crippen LogP contribution is 2.22. The molecule has 0 aliphatic rings. The highest BCUT2D eigenvalue weighted by Gasteiger charge is 2.31. The van der Waals surface area contributed by atoms with Crippen LogP contribution in [0.2, 0.25) is 0 Å². The standard InChI is InChI=1S/C6H5F3N2O.H2/c7-6(8,9)12-4-1-2-11-5(10)3-4;/h1-3H,(H2,10,11);1H. The van der Waals surface area contributed by atoms with E-state index in [1.54, 1.807) is 0 Å². The van der Waals surface area contributed by atoms with Crippen molar-refractivity contribution < 1.29 is 19.3 Å². The third-order valence-electron chi connectivity index (χ3n) is 0.986. The third-order valence-corrected chi connectivity index (χ3v) is 0.986. The van der Waals surface area contributed by atoms with Crippen LogP contribution in [0.15, 0.2) is 18.3 Å². The molecule has 0 saturated carbocycles. The zero-order valence-corrected chi connectivity index (χ0v) is 5.80. The first-order chi connectivity index (χ1) is 5.47. The number of hydrogen-bond acceptors (Lipinski definition) is 3. The zero-order chi connectivity index (χ0) is 9.19. The number of halogens is 3. The van der Waals surface area contributed by atoms with E-state index in [9.17, 15) is 13.2 Å². The first-order valence-corrected chi connectivity index (χ1v) is 2.95. The fourth-order valence-corrected chi connectivity index (χ4v) is 0.625. The maximum absolute atomic E-state index is 11.6. The number of ether oxygens (including phenoxy) is 1. The van der Waals surface area contributed by atoms with Crippen LogP contribution < -0.4 is 10.5 Å². The molecule has 2 N–H and O–H groups in total. The molecule has 0 fully saturated rings. The summed E-state index contributed by atoms with van der Waals surface area (Å²) in [5.41, 5.74) is 5.12. The number of rotatable bonds is 1. The van der Waals surface area contributed by atoms with Gasteiger partial charge in [-0.25, -0.2) is 4.98 Å². The topological polar surface area (TPSA) is 48.1 Å². The first-order valence-electron chi connectivity index (χ1n) is 2.95. The van der Waals surface area contributed by atoms with Gasteiger partial charge in [-0.2, -0.15) is 0 Å². The largest absolute Gasteiger partial charge is 0.573 e. The Labute approximate surface area is 67.5 Å². The Morgan fingerprint density at radius 2 is 2.17 bits per heavy atom. The van der Waals surface area contributed by atoms with Crippen molar-refractivity contribution in [2.45, 2.75) is 6.36 Å². The monoisotopic (exact) mass is 180 g/mol. The van der Waals surface area contributed by atoms with E-state index in [2.05, 4.69) is 9.72 Å². The number of nitrogens with two attached hydrogens (primary N) is 1. The lowest BCUT2D eigenvalue weighted by atomic mass is 10.4. The van der Waals surface area contributed by atoms with Crippen molar-refractivity contribution in [2.24, 2.45) is 0 Å². The molecular formula is C6H7F3N2O. The summed E-state index contributed by atoms with van der Waals surface area (Å²) in [6, 6.07) is 2.07. The highest BCUT2D eigenvalue weighted by molar-refractivity contribution is 5.35. The molecule has 0 aliphatic heterocycles. The van der Waals surface area contributed by atoms with Crippen molar-refractivity contribution in [3.63, 3.8) is 0 Å². The van der Waals surface area contributed by atoms with Crippen molar-refractivity contribution in [1.82, 2.24) is 4.98 Å². The van der Waals surface area contributed by atoms with Crippen molar-refractivity contribution in [1.29, 1.82) is 0 Å². The molecule has 12 heavy (non-hydrogen) atoms. The maximum Gasteiger partial charge on any atom is 0.573 e. The first kappa shape index (κ1) is 8.63. The highest BCUT2D eigenvalue weighted by atomic mass is 19.4. The van der Waals surface area contributed by atoms with E-state index >= 15 is 0 Å². The molecule has 0 saturated heterocycles. The lowest BCUT2D eigenvalue weighted by molar-refractivity contribution is -0.274. The van der Waals surface area contributed by atoms with Gasteiger partial charge in [-0.05, 0) is 6.07 Å². The Balaban J connectivity index is 0.00000144. The summed E-state index contributed by atoms with van der Waals surface area (Å²) >= 11 is 0. The molecule has 3 nitrogen and oxygen atoms in total. The van der Waals surface area contributed by atoms with Gasteiger partial charge in [0.15, 0.2) is 0 Å². The van der Waals surface area contributed by atoms with Crippen molar-refractivity contribution >= 4 is 5.82 Å². The van der Waals surface area contributed by atoms with Gasteiger partial charge in [0, 0.05) is 13.7 Å². The van der Waals surface area contributed by atoms with E-state index in [0.29, 0.717) is 0 Å². The summed E-state index contributed by atoms with van der Waals surface area (Å²) in [4.78, 5) is 3.50. The van der Waals surface area contributed by atoms with Gasteiger partial charge in [-0.3, -0.25) is 0 Å². The number of pyridine rings is 1. The van der Waals surface area contributed by atoms with Gasteiger partial charge in [0.1, 0.15) is 11.6 Å². The molecule has 1 heterocycles. The van der Waals surface area contributed by atoms with Crippen LogP contribution in [0.5, 0.6) is 5.75 Å². The van der Waals surface area contributed by atoms with Gasteiger partial charge in [-0.1, -0.05) is 0 Å². The van der Waals surface area contributed by atoms with Gasteiger partial charge in [-0.15, -0.1) is 13.2 Å². The van der Waals surface area contributed by atoms with Crippen LogP contribution in [0.4, 0.5) is 19.0 Å². The summed E-state index contributed by atoms with van der Waals surface area (Å²) in [7, 11) is 0. The predicted molar refractivity (Wildman–Crippen MR) is 37.4 cm³/mol. The fraction of sp³-hybridized carbons (Fsp3) is 0.167. The number of anilines is 1. The molecule has 0 bridgehead atoms. The van der Waals surface area contributed by atoms with Crippen LogP contribution >= 0.6 is 0 Å². The second-order valence-electron chi connectivity index (χ2n) is 1.96. The van der Waals surface area contributed by atoms with Crippen molar-refractivity contribution in [3.05, 3.63) is 18.3 Å². The zero-order valence-electron chi connectivity index (χ0n) is 5.80. The molecule has 0 radical (unpaired) electrons. The quantitative estimate of drug-likeness (QED) is 0.716. The second-order valence-corrected chi connectivity index (χ2v) is 1.96. The normalized spacial score (nSPS) is 11.2. The van der Waals surface area contributed by atoms with Crippen LogP contribution in [-0.4, -0.2) is 11.3 Å². The Kier molecular flexibility index (Phi) is 2.07. The molecule has 1 aromatic heterocycles. The summed E-state index contributed by atoms with van der Waals surface area (Å²) in [6.45, 7) is 0. The molecule has 0 unspecified atom stereocenters. The van der Waals surface area contributed by atoms with Crippen LogP contribution in [0.25, 0.3) is 0 Å². The molecule has 0 spiro atoms. The smallest absolute Gasteiger partial charge is 0.406 e. The van der Waals surface area contributed by atoms with E-state index < -0.39 is 6.36 Å². The van der Waals surface area contributed by atoms with Gasteiger partial charge in [0.05, 0.1) is 0 Å². The summed E-state index contributed by atoms with van der Waals surface area (Å²) < 4.78 is 38.3. The minimum atomic E-state index is -4.69. The maximum atomic E-state index is 11.6.